The topological polar surface area (TPSA) is 66.7 Å². The predicted molar refractivity (Wildman–Crippen MR) is 96.5 cm³/mol. The summed E-state index contributed by atoms with van der Waals surface area (Å²) < 4.78 is 0. The van der Waals surface area contributed by atoms with Gasteiger partial charge in [-0.1, -0.05) is 36.4 Å². The first kappa shape index (κ1) is 16.5. The summed E-state index contributed by atoms with van der Waals surface area (Å²) in [7, 11) is 0. The smallest absolute Gasteiger partial charge is 0.251 e. The molecule has 124 valence electrons. The number of azo groups is 1. The van der Waals surface area contributed by atoms with E-state index in [2.05, 4.69) is 20.5 Å². The number of benzene rings is 2. The van der Waals surface area contributed by atoms with Gasteiger partial charge >= 0.3 is 0 Å². The van der Waals surface area contributed by atoms with Crippen molar-refractivity contribution >= 4 is 11.6 Å². The van der Waals surface area contributed by atoms with Crippen LogP contribution in [0.5, 0.6) is 0 Å². The largest absolute Gasteiger partial charge is 0.346 e. The number of nitrogens with one attached hydrogen (secondary N) is 1. The molecule has 1 heterocycles. The summed E-state index contributed by atoms with van der Waals surface area (Å²) in [6, 6.07) is 22.6. The Morgan fingerprint density at radius 2 is 1.68 bits per heavy atom. The molecule has 3 rings (SSSR count). The first-order valence-corrected chi connectivity index (χ1v) is 8.01. The van der Waals surface area contributed by atoms with E-state index in [0.29, 0.717) is 18.7 Å². The van der Waals surface area contributed by atoms with E-state index >= 15 is 0 Å². The van der Waals surface area contributed by atoms with Crippen molar-refractivity contribution < 1.29 is 4.79 Å². The summed E-state index contributed by atoms with van der Waals surface area (Å²) in [6.07, 6.45) is 1.71. The molecule has 0 saturated carbocycles. The van der Waals surface area contributed by atoms with E-state index in [1.54, 1.807) is 18.3 Å². The number of amides is 1. The van der Waals surface area contributed by atoms with Crippen LogP contribution in [0.3, 0.4) is 0 Å². The molecule has 1 N–H and O–H groups in total. The number of carbonyl (C=O) groups excluding carboxylic acids is 1. The van der Waals surface area contributed by atoms with Crippen LogP contribution in [0.4, 0.5) is 5.69 Å². The number of hydrogen-bond donors (Lipinski definition) is 1. The highest BCUT2D eigenvalue weighted by Gasteiger charge is 2.05. The van der Waals surface area contributed by atoms with E-state index in [4.69, 9.17) is 0 Å². The highest BCUT2D eigenvalue weighted by atomic mass is 16.1. The minimum absolute atomic E-state index is 0.122. The third-order valence-electron chi connectivity index (χ3n) is 3.57. The summed E-state index contributed by atoms with van der Waals surface area (Å²) >= 11 is 0. The number of nitrogens with zero attached hydrogens (tertiary/aromatic N) is 3. The van der Waals surface area contributed by atoms with Gasteiger partial charge in [0.25, 0.3) is 5.91 Å². The molecule has 0 fully saturated rings. The molecule has 0 radical (unpaired) electrons. The summed E-state index contributed by atoms with van der Waals surface area (Å²) in [4.78, 5) is 16.3. The fourth-order valence-electron chi connectivity index (χ4n) is 2.23. The average molecular weight is 330 g/mol. The maximum atomic E-state index is 12.1. The molecule has 25 heavy (non-hydrogen) atoms. The molecular weight excluding hydrogens is 312 g/mol. The number of hydrogen-bond acceptors (Lipinski definition) is 4. The van der Waals surface area contributed by atoms with Gasteiger partial charge in [0.15, 0.2) is 0 Å². The lowest BCUT2D eigenvalue weighted by Crippen LogP contribution is -2.23. The van der Waals surface area contributed by atoms with E-state index in [1.165, 1.54) is 0 Å². The van der Waals surface area contributed by atoms with Crippen molar-refractivity contribution in [3.8, 4) is 0 Å². The Balaban J connectivity index is 1.53. The van der Waals surface area contributed by atoms with E-state index in [1.807, 2.05) is 60.7 Å². The van der Waals surface area contributed by atoms with Gasteiger partial charge in [-0.25, -0.2) is 0 Å². The second-order valence-corrected chi connectivity index (χ2v) is 5.44. The molecular formula is C20H18N4O. The standard InChI is InChI=1S/C20H18N4O/c25-20(22-15-19-8-4-5-13-21-19)17-11-9-16(10-12-17)14-23-24-18-6-2-1-3-7-18/h1-13H,14-15H2,(H,22,25)/b24-23+. The Morgan fingerprint density at radius 1 is 0.920 bits per heavy atom. The Morgan fingerprint density at radius 3 is 2.40 bits per heavy atom. The molecule has 0 unspecified atom stereocenters. The van der Waals surface area contributed by atoms with Gasteiger partial charge in [0.05, 0.1) is 24.5 Å². The van der Waals surface area contributed by atoms with E-state index in [0.717, 1.165) is 16.9 Å². The quantitative estimate of drug-likeness (QED) is 0.685. The lowest BCUT2D eigenvalue weighted by atomic mass is 10.1. The number of pyridine rings is 1. The van der Waals surface area contributed by atoms with E-state index in [-0.39, 0.29) is 5.91 Å². The zero-order valence-electron chi connectivity index (χ0n) is 13.7. The van der Waals surface area contributed by atoms with Crippen molar-refractivity contribution in [2.45, 2.75) is 13.1 Å². The monoisotopic (exact) mass is 330 g/mol. The summed E-state index contributed by atoms with van der Waals surface area (Å²) in [5.41, 5.74) is 3.27. The van der Waals surface area contributed by atoms with Crippen molar-refractivity contribution in [2.24, 2.45) is 10.2 Å². The molecule has 1 amide bonds. The molecule has 5 nitrogen and oxygen atoms in total. The molecule has 0 aliphatic heterocycles. The van der Waals surface area contributed by atoms with Crippen LogP contribution in [0, 0.1) is 0 Å². The highest BCUT2D eigenvalue weighted by Crippen LogP contribution is 2.12. The van der Waals surface area contributed by atoms with Crippen LogP contribution in [0.1, 0.15) is 21.6 Å². The molecule has 0 aliphatic carbocycles. The molecule has 0 atom stereocenters. The fourth-order valence-corrected chi connectivity index (χ4v) is 2.23. The summed E-state index contributed by atoms with van der Waals surface area (Å²) in [6.45, 7) is 0.886. The van der Waals surface area contributed by atoms with Crippen molar-refractivity contribution in [3.05, 3.63) is 95.8 Å². The third-order valence-corrected chi connectivity index (χ3v) is 3.57. The average Bonchev–Trinajstić information content (AvgIpc) is 2.68. The van der Waals surface area contributed by atoms with Gasteiger partial charge in [-0.3, -0.25) is 9.78 Å². The van der Waals surface area contributed by atoms with Crippen LogP contribution < -0.4 is 5.32 Å². The Hall–Kier alpha value is -3.34. The molecule has 0 bridgehead atoms. The van der Waals surface area contributed by atoms with Gasteiger partial charge < -0.3 is 5.32 Å². The second kappa shape index (κ2) is 8.49. The van der Waals surface area contributed by atoms with Crippen LogP contribution in [0.15, 0.2) is 89.2 Å². The molecule has 0 saturated heterocycles. The van der Waals surface area contributed by atoms with Crippen LogP contribution in [-0.2, 0) is 13.1 Å². The predicted octanol–water partition coefficient (Wildman–Crippen LogP) is 4.30. The van der Waals surface area contributed by atoms with Crippen LogP contribution >= 0.6 is 0 Å². The van der Waals surface area contributed by atoms with Crippen LogP contribution in [0.25, 0.3) is 0 Å². The van der Waals surface area contributed by atoms with Gasteiger partial charge in [0.1, 0.15) is 0 Å². The van der Waals surface area contributed by atoms with Crippen LogP contribution in [-0.4, -0.2) is 10.9 Å². The highest BCUT2D eigenvalue weighted by molar-refractivity contribution is 5.94. The van der Waals surface area contributed by atoms with E-state index < -0.39 is 0 Å². The normalized spacial score (nSPS) is 10.7. The molecule has 5 heteroatoms. The summed E-state index contributed by atoms with van der Waals surface area (Å²) in [5.74, 6) is -0.122. The molecule has 0 spiro atoms. The zero-order valence-corrected chi connectivity index (χ0v) is 13.7. The maximum Gasteiger partial charge on any atom is 0.251 e. The SMILES string of the molecule is O=C(NCc1ccccn1)c1ccc(C/N=N/c2ccccc2)cc1. The Kier molecular flexibility index (Phi) is 5.61. The van der Waals surface area contributed by atoms with Gasteiger partial charge in [0.2, 0.25) is 0 Å². The fraction of sp³-hybridized carbons (Fsp3) is 0.100. The van der Waals surface area contributed by atoms with Gasteiger partial charge in [-0.2, -0.15) is 10.2 Å². The molecule has 0 aliphatic rings. The lowest BCUT2D eigenvalue weighted by molar-refractivity contribution is 0.0950. The summed E-state index contributed by atoms with van der Waals surface area (Å²) in [5, 5.41) is 11.2. The Bertz CT molecular complexity index is 831. The van der Waals surface area contributed by atoms with Gasteiger partial charge in [0, 0.05) is 11.8 Å². The molecule has 1 aromatic heterocycles. The molecule has 3 aromatic rings. The first-order chi connectivity index (χ1) is 12.3. The van der Waals surface area contributed by atoms with Crippen molar-refractivity contribution in [3.63, 3.8) is 0 Å². The second-order valence-electron chi connectivity index (χ2n) is 5.44. The third kappa shape index (κ3) is 5.07. The van der Waals surface area contributed by atoms with Crippen molar-refractivity contribution in [1.82, 2.24) is 10.3 Å². The molecule has 2 aromatic carbocycles. The minimum Gasteiger partial charge on any atom is -0.346 e. The van der Waals surface area contributed by atoms with Crippen molar-refractivity contribution in [1.29, 1.82) is 0 Å². The lowest BCUT2D eigenvalue weighted by Gasteiger charge is -2.05. The number of rotatable bonds is 6. The number of carbonyl (C=O) groups is 1. The zero-order chi connectivity index (χ0) is 17.3. The van der Waals surface area contributed by atoms with Crippen molar-refractivity contribution in [2.75, 3.05) is 0 Å². The first-order valence-electron chi connectivity index (χ1n) is 8.01. The van der Waals surface area contributed by atoms with Crippen LogP contribution in [0.2, 0.25) is 0 Å². The minimum atomic E-state index is -0.122. The Labute approximate surface area is 146 Å². The number of aromatic nitrogens is 1. The maximum absolute atomic E-state index is 12.1. The van der Waals surface area contributed by atoms with Gasteiger partial charge in [-0.15, -0.1) is 0 Å². The van der Waals surface area contributed by atoms with E-state index in [9.17, 15) is 4.79 Å². The van der Waals surface area contributed by atoms with Gasteiger partial charge in [-0.05, 0) is 42.0 Å².